The molecule has 8 heteroatoms. The number of benzene rings is 2. The second-order valence-electron chi connectivity index (χ2n) is 6.85. The van der Waals surface area contributed by atoms with E-state index in [-0.39, 0.29) is 5.91 Å². The molecule has 0 radical (unpaired) electrons. The van der Waals surface area contributed by atoms with Crippen molar-refractivity contribution < 1.29 is 9.53 Å². The Morgan fingerprint density at radius 1 is 1.03 bits per heavy atom. The number of anilines is 3. The topological polar surface area (TPSA) is 70.6 Å². The molecule has 2 aromatic carbocycles. The minimum Gasteiger partial charge on any atom is -0.497 e. The molecule has 1 amide bonds. The number of amides is 1. The molecule has 1 aliphatic rings. The van der Waals surface area contributed by atoms with Gasteiger partial charge in [0.05, 0.1) is 17.7 Å². The number of halogens is 1. The fraction of sp³-hybridized carbons (Fsp3) is 0.227. The van der Waals surface area contributed by atoms with Gasteiger partial charge in [-0.2, -0.15) is 4.98 Å². The average Bonchev–Trinajstić information content (AvgIpc) is 2.80. The summed E-state index contributed by atoms with van der Waals surface area (Å²) >= 11 is 6.17. The van der Waals surface area contributed by atoms with Gasteiger partial charge in [0, 0.05) is 38.1 Å². The van der Waals surface area contributed by atoms with Gasteiger partial charge in [-0.1, -0.05) is 23.7 Å². The molecule has 0 atom stereocenters. The summed E-state index contributed by atoms with van der Waals surface area (Å²) in [6.45, 7) is 2.48. The molecule has 2 heterocycles. The van der Waals surface area contributed by atoms with Crippen LogP contribution in [0.3, 0.4) is 0 Å². The van der Waals surface area contributed by atoms with Crippen molar-refractivity contribution in [3.8, 4) is 5.75 Å². The maximum atomic E-state index is 12.7. The van der Waals surface area contributed by atoms with Crippen molar-refractivity contribution in [1.29, 1.82) is 0 Å². The lowest BCUT2D eigenvalue weighted by molar-refractivity contribution is 0.0746. The van der Waals surface area contributed by atoms with Gasteiger partial charge in [-0.05, 0) is 42.5 Å². The Balaban J connectivity index is 1.39. The van der Waals surface area contributed by atoms with E-state index in [0.29, 0.717) is 48.5 Å². The highest BCUT2D eigenvalue weighted by Gasteiger charge is 2.24. The van der Waals surface area contributed by atoms with Crippen molar-refractivity contribution in [2.45, 2.75) is 0 Å². The minimum atomic E-state index is -0.0453. The van der Waals surface area contributed by atoms with E-state index in [1.54, 1.807) is 25.4 Å². The van der Waals surface area contributed by atoms with Gasteiger partial charge >= 0.3 is 0 Å². The van der Waals surface area contributed by atoms with E-state index in [2.05, 4.69) is 20.2 Å². The maximum absolute atomic E-state index is 12.7. The molecular weight excluding hydrogens is 402 g/mol. The molecule has 1 aromatic heterocycles. The van der Waals surface area contributed by atoms with Gasteiger partial charge in [-0.25, -0.2) is 4.98 Å². The van der Waals surface area contributed by atoms with Crippen LogP contribution in [0.15, 0.2) is 60.8 Å². The number of piperazine rings is 1. The average molecular weight is 424 g/mol. The highest BCUT2D eigenvalue weighted by Crippen LogP contribution is 2.22. The number of hydrogen-bond acceptors (Lipinski definition) is 6. The number of nitrogens with zero attached hydrogens (tertiary/aromatic N) is 4. The van der Waals surface area contributed by atoms with E-state index in [1.165, 1.54) is 0 Å². The van der Waals surface area contributed by atoms with Crippen LogP contribution < -0.4 is 15.0 Å². The molecule has 30 heavy (non-hydrogen) atoms. The molecule has 0 unspecified atom stereocenters. The van der Waals surface area contributed by atoms with Gasteiger partial charge in [0.2, 0.25) is 5.95 Å². The first-order chi connectivity index (χ1) is 14.6. The van der Waals surface area contributed by atoms with Crippen molar-refractivity contribution in [2.75, 3.05) is 43.5 Å². The summed E-state index contributed by atoms with van der Waals surface area (Å²) < 4.78 is 5.18. The second kappa shape index (κ2) is 9.00. The Morgan fingerprint density at radius 2 is 1.77 bits per heavy atom. The largest absolute Gasteiger partial charge is 0.497 e. The zero-order valence-electron chi connectivity index (χ0n) is 16.6. The van der Waals surface area contributed by atoms with Crippen LogP contribution in [0.1, 0.15) is 10.4 Å². The summed E-state index contributed by atoms with van der Waals surface area (Å²) in [6, 6.07) is 16.6. The number of hydrogen-bond donors (Lipinski definition) is 1. The predicted octanol–water partition coefficient (Wildman–Crippen LogP) is 3.84. The third-order valence-electron chi connectivity index (χ3n) is 4.96. The zero-order chi connectivity index (χ0) is 20.9. The number of carbonyl (C=O) groups excluding carboxylic acids is 1. The molecule has 0 aliphatic carbocycles. The fourth-order valence-corrected chi connectivity index (χ4v) is 3.52. The highest BCUT2D eigenvalue weighted by molar-refractivity contribution is 6.33. The molecule has 1 aliphatic heterocycles. The van der Waals surface area contributed by atoms with Gasteiger partial charge in [0.1, 0.15) is 11.6 Å². The van der Waals surface area contributed by atoms with Gasteiger partial charge in [0.25, 0.3) is 5.91 Å². The van der Waals surface area contributed by atoms with Crippen LogP contribution in [0, 0.1) is 0 Å². The Bertz CT molecular complexity index is 1020. The first kappa shape index (κ1) is 20.0. The molecule has 1 N–H and O–H groups in total. The Labute approximate surface area is 180 Å². The summed E-state index contributed by atoms with van der Waals surface area (Å²) in [5, 5.41) is 3.75. The molecule has 3 aromatic rings. The van der Waals surface area contributed by atoms with Crippen LogP contribution in [0.5, 0.6) is 5.75 Å². The number of carbonyl (C=O) groups is 1. The number of ether oxygens (including phenoxy) is 1. The van der Waals surface area contributed by atoms with Crippen molar-refractivity contribution in [1.82, 2.24) is 14.9 Å². The van der Waals surface area contributed by atoms with Crippen LogP contribution in [-0.2, 0) is 0 Å². The molecule has 4 rings (SSSR count). The predicted molar refractivity (Wildman–Crippen MR) is 118 cm³/mol. The van der Waals surface area contributed by atoms with Crippen LogP contribution in [0.4, 0.5) is 17.5 Å². The minimum absolute atomic E-state index is 0.0453. The smallest absolute Gasteiger partial charge is 0.255 e. The zero-order valence-corrected chi connectivity index (χ0v) is 17.3. The Morgan fingerprint density at radius 3 is 2.47 bits per heavy atom. The SMILES string of the molecule is COc1ccc(Nc2ccnc(N3CCN(C(=O)c4ccccc4Cl)CC3)n2)cc1. The molecule has 7 nitrogen and oxygen atoms in total. The number of methoxy groups -OCH3 is 1. The van der Waals surface area contributed by atoms with Crippen molar-refractivity contribution in [3.63, 3.8) is 0 Å². The first-order valence-electron chi connectivity index (χ1n) is 9.67. The van der Waals surface area contributed by atoms with Gasteiger partial charge in [-0.15, -0.1) is 0 Å². The van der Waals surface area contributed by atoms with Crippen molar-refractivity contribution >= 4 is 35.0 Å². The van der Waals surface area contributed by atoms with Crippen LogP contribution in [0.25, 0.3) is 0 Å². The number of rotatable bonds is 5. The third-order valence-corrected chi connectivity index (χ3v) is 5.29. The summed E-state index contributed by atoms with van der Waals surface area (Å²) in [5.74, 6) is 2.10. The highest BCUT2D eigenvalue weighted by atomic mass is 35.5. The molecule has 0 saturated carbocycles. The molecule has 0 bridgehead atoms. The van der Waals surface area contributed by atoms with E-state index in [1.807, 2.05) is 47.4 Å². The standard InChI is InChI=1S/C22H22ClN5O2/c1-30-17-8-6-16(7-9-17)25-20-10-11-24-22(26-20)28-14-12-27(13-15-28)21(29)18-4-2-3-5-19(18)23/h2-11H,12-15H2,1H3,(H,24,25,26). The molecule has 154 valence electrons. The summed E-state index contributed by atoms with van der Waals surface area (Å²) in [7, 11) is 1.64. The van der Waals surface area contributed by atoms with Crippen LogP contribution in [-0.4, -0.2) is 54.1 Å². The summed E-state index contributed by atoms with van der Waals surface area (Å²) in [5.41, 5.74) is 1.45. The maximum Gasteiger partial charge on any atom is 0.255 e. The lowest BCUT2D eigenvalue weighted by Gasteiger charge is -2.35. The van der Waals surface area contributed by atoms with E-state index >= 15 is 0 Å². The van der Waals surface area contributed by atoms with Crippen molar-refractivity contribution in [2.24, 2.45) is 0 Å². The van der Waals surface area contributed by atoms with Crippen LogP contribution >= 0.6 is 11.6 Å². The summed E-state index contributed by atoms with van der Waals surface area (Å²) in [4.78, 5) is 25.7. The Hall–Kier alpha value is -3.32. The number of nitrogens with one attached hydrogen (secondary N) is 1. The number of aromatic nitrogens is 2. The lowest BCUT2D eigenvalue weighted by atomic mass is 10.2. The lowest BCUT2D eigenvalue weighted by Crippen LogP contribution is -2.49. The second-order valence-corrected chi connectivity index (χ2v) is 7.26. The summed E-state index contributed by atoms with van der Waals surface area (Å²) in [6.07, 6.45) is 1.73. The quantitative estimate of drug-likeness (QED) is 0.672. The van der Waals surface area contributed by atoms with Gasteiger partial charge < -0.3 is 19.9 Å². The molecule has 1 saturated heterocycles. The molecular formula is C22H22ClN5O2. The molecule has 0 spiro atoms. The van der Waals surface area contributed by atoms with Crippen LogP contribution in [0.2, 0.25) is 5.02 Å². The Kier molecular flexibility index (Phi) is 5.99. The van der Waals surface area contributed by atoms with E-state index in [0.717, 1.165) is 11.4 Å². The van der Waals surface area contributed by atoms with E-state index < -0.39 is 0 Å². The molecule has 1 fully saturated rings. The monoisotopic (exact) mass is 423 g/mol. The fourth-order valence-electron chi connectivity index (χ4n) is 3.31. The normalized spacial score (nSPS) is 13.8. The van der Waals surface area contributed by atoms with Gasteiger partial charge in [-0.3, -0.25) is 4.79 Å². The van der Waals surface area contributed by atoms with Crippen molar-refractivity contribution in [3.05, 3.63) is 71.4 Å². The van der Waals surface area contributed by atoms with E-state index in [4.69, 9.17) is 16.3 Å². The van der Waals surface area contributed by atoms with E-state index in [9.17, 15) is 4.79 Å². The van der Waals surface area contributed by atoms with Gasteiger partial charge in [0.15, 0.2) is 0 Å². The first-order valence-corrected chi connectivity index (χ1v) is 10.0. The third kappa shape index (κ3) is 4.46.